The molecule has 3 rings (SSSR count). The van der Waals surface area contributed by atoms with Crippen molar-refractivity contribution < 1.29 is 18.8 Å². The Hall–Kier alpha value is -3.42. The Morgan fingerprint density at radius 3 is 2.27 bits per heavy atom. The third-order valence-electron chi connectivity index (χ3n) is 4.99. The SMILES string of the molecule is O=C(NCC(=O)N1CCC(NC(=O)c2ccccc2)CC1)NCc1ccc(F)cc1. The first-order valence-electron chi connectivity index (χ1n) is 9.91. The molecule has 0 spiro atoms. The molecule has 1 heterocycles. The van der Waals surface area contributed by atoms with Gasteiger partial charge >= 0.3 is 6.03 Å². The minimum atomic E-state index is -0.460. The largest absolute Gasteiger partial charge is 0.349 e. The van der Waals surface area contributed by atoms with Gasteiger partial charge in [-0.05, 0) is 42.7 Å². The molecule has 2 aromatic carbocycles. The standard InChI is InChI=1S/C22H25FN4O3/c23-18-8-6-16(7-9-18)14-24-22(30)25-15-20(28)27-12-10-19(11-13-27)26-21(29)17-4-2-1-3-5-17/h1-9,19H,10-15H2,(H,26,29)(H2,24,25,30). The Kier molecular flexibility index (Phi) is 7.37. The summed E-state index contributed by atoms with van der Waals surface area (Å²) in [7, 11) is 0. The van der Waals surface area contributed by atoms with Crippen LogP contribution in [0, 0.1) is 5.82 Å². The van der Waals surface area contributed by atoms with Gasteiger partial charge in [0.05, 0.1) is 6.54 Å². The lowest BCUT2D eigenvalue weighted by atomic mass is 10.0. The Morgan fingerprint density at radius 1 is 0.933 bits per heavy atom. The molecule has 8 heteroatoms. The van der Waals surface area contributed by atoms with Gasteiger partial charge in [0.1, 0.15) is 5.82 Å². The van der Waals surface area contributed by atoms with E-state index in [9.17, 15) is 18.8 Å². The van der Waals surface area contributed by atoms with Crippen LogP contribution >= 0.6 is 0 Å². The van der Waals surface area contributed by atoms with Crippen LogP contribution < -0.4 is 16.0 Å². The molecule has 0 aromatic heterocycles. The van der Waals surface area contributed by atoms with Gasteiger partial charge in [0, 0.05) is 31.2 Å². The molecule has 7 nitrogen and oxygen atoms in total. The number of carbonyl (C=O) groups is 3. The fraction of sp³-hybridized carbons (Fsp3) is 0.318. The third-order valence-corrected chi connectivity index (χ3v) is 4.99. The zero-order valence-electron chi connectivity index (χ0n) is 16.6. The predicted octanol–water partition coefficient (Wildman–Crippen LogP) is 2.05. The van der Waals surface area contributed by atoms with Crippen LogP contribution in [0.3, 0.4) is 0 Å². The monoisotopic (exact) mass is 412 g/mol. The molecule has 3 N–H and O–H groups in total. The normalized spacial score (nSPS) is 14.1. The van der Waals surface area contributed by atoms with Crippen molar-refractivity contribution in [2.45, 2.75) is 25.4 Å². The van der Waals surface area contributed by atoms with Gasteiger partial charge in [-0.3, -0.25) is 9.59 Å². The second kappa shape index (κ2) is 10.4. The Labute approximate surface area is 174 Å². The summed E-state index contributed by atoms with van der Waals surface area (Å²) in [6, 6.07) is 14.4. The second-order valence-corrected chi connectivity index (χ2v) is 7.16. The molecule has 0 bridgehead atoms. The number of piperidine rings is 1. The Bertz CT molecular complexity index is 866. The molecule has 0 radical (unpaired) electrons. The molecule has 1 aliphatic heterocycles. The first-order chi connectivity index (χ1) is 14.5. The van der Waals surface area contributed by atoms with Crippen molar-refractivity contribution >= 4 is 17.8 Å². The lowest BCUT2D eigenvalue weighted by Crippen LogP contribution is -2.49. The highest BCUT2D eigenvalue weighted by atomic mass is 19.1. The number of halogens is 1. The summed E-state index contributed by atoms with van der Waals surface area (Å²) in [5.41, 5.74) is 1.38. The van der Waals surface area contributed by atoms with Crippen molar-refractivity contribution in [2.24, 2.45) is 0 Å². The molecule has 1 aliphatic rings. The molecule has 1 saturated heterocycles. The number of hydrogen-bond acceptors (Lipinski definition) is 3. The Balaban J connectivity index is 1.34. The molecular weight excluding hydrogens is 387 g/mol. The van der Waals surface area contributed by atoms with Gasteiger partial charge < -0.3 is 20.9 Å². The molecule has 1 fully saturated rings. The maximum absolute atomic E-state index is 12.9. The van der Waals surface area contributed by atoms with E-state index >= 15 is 0 Å². The number of benzene rings is 2. The van der Waals surface area contributed by atoms with Crippen molar-refractivity contribution in [3.05, 3.63) is 71.5 Å². The average Bonchev–Trinajstić information content (AvgIpc) is 2.78. The van der Waals surface area contributed by atoms with E-state index in [0.717, 1.165) is 5.56 Å². The molecule has 4 amide bonds. The van der Waals surface area contributed by atoms with E-state index in [2.05, 4.69) is 16.0 Å². The summed E-state index contributed by atoms with van der Waals surface area (Å²) in [6.45, 7) is 1.19. The average molecular weight is 412 g/mol. The first-order valence-corrected chi connectivity index (χ1v) is 9.91. The molecule has 0 atom stereocenters. The van der Waals surface area contributed by atoms with Gasteiger partial charge in [0.15, 0.2) is 0 Å². The van der Waals surface area contributed by atoms with E-state index in [1.54, 1.807) is 29.2 Å². The molecule has 30 heavy (non-hydrogen) atoms. The highest BCUT2D eigenvalue weighted by molar-refractivity contribution is 5.94. The van der Waals surface area contributed by atoms with Gasteiger partial charge in [-0.2, -0.15) is 0 Å². The Morgan fingerprint density at radius 2 is 1.60 bits per heavy atom. The summed E-state index contributed by atoms with van der Waals surface area (Å²) < 4.78 is 12.9. The summed E-state index contributed by atoms with van der Waals surface area (Å²) in [6.07, 6.45) is 1.34. The van der Waals surface area contributed by atoms with Gasteiger partial charge in [-0.1, -0.05) is 30.3 Å². The number of hydrogen-bond donors (Lipinski definition) is 3. The first kappa shape index (κ1) is 21.3. The lowest BCUT2D eigenvalue weighted by Gasteiger charge is -2.32. The quantitative estimate of drug-likeness (QED) is 0.678. The van der Waals surface area contributed by atoms with Crippen molar-refractivity contribution in [1.29, 1.82) is 0 Å². The number of nitrogens with zero attached hydrogens (tertiary/aromatic N) is 1. The van der Waals surface area contributed by atoms with E-state index in [1.165, 1.54) is 12.1 Å². The third kappa shape index (κ3) is 6.30. The maximum Gasteiger partial charge on any atom is 0.315 e. The summed E-state index contributed by atoms with van der Waals surface area (Å²) in [4.78, 5) is 38.1. The zero-order valence-corrected chi connectivity index (χ0v) is 16.6. The fourth-order valence-corrected chi connectivity index (χ4v) is 3.25. The van der Waals surface area contributed by atoms with E-state index in [0.29, 0.717) is 31.5 Å². The number of amides is 4. The van der Waals surface area contributed by atoms with Crippen LogP contribution in [0.25, 0.3) is 0 Å². The summed E-state index contributed by atoms with van der Waals surface area (Å²) >= 11 is 0. The predicted molar refractivity (Wildman–Crippen MR) is 110 cm³/mol. The summed E-state index contributed by atoms with van der Waals surface area (Å²) in [5.74, 6) is -0.614. The van der Waals surface area contributed by atoms with Gasteiger partial charge in [-0.25, -0.2) is 9.18 Å². The lowest BCUT2D eigenvalue weighted by molar-refractivity contribution is -0.131. The molecule has 158 valence electrons. The van der Waals surface area contributed by atoms with Crippen molar-refractivity contribution in [1.82, 2.24) is 20.9 Å². The van der Waals surface area contributed by atoms with E-state index in [-0.39, 0.29) is 36.8 Å². The van der Waals surface area contributed by atoms with Gasteiger partial charge in [0.2, 0.25) is 5.91 Å². The van der Waals surface area contributed by atoms with Crippen molar-refractivity contribution in [3.63, 3.8) is 0 Å². The minimum absolute atomic E-state index is 0.0220. The molecule has 0 saturated carbocycles. The molecule has 0 aliphatic carbocycles. The molecule has 2 aromatic rings. The van der Waals surface area contributed by atoms with Crippen LogP contribution in [0.1, 0.15) is 28.8 Å². The maximum atomic E-state index is 12.9. The van der Waals surface area contributed by atoms with Crippen molar-refractivity contribution in [2.75, 3.05) is 19.6 Å². The van der Waals surface area contributed by atoms with Crippen molar-refractivity contribution in [3.8, 4) is 0 Å². The van der Waals surface area contributed by atoms with Crippen LogP contribution in [-0.2, 0) is 11.3 Å². The van der Waals surface area contributed by atoms with Crippen LogP contribution in [0.5, 0.6) is 0 Å². The summed E-state index contributed by atoms with van der Waals surface area (Å²) in [5, 5.41) is 8.17. The van der Waals surface area contributed by atoms with Gasteiger partial charge in [0.25, 0.3) is 5.91 Å². The van der Waals surface area contributed by atoms with Gasteiger partial charge in [-0.15, -0.1) is 0 Å². The van der Waals surface area contributed by atoms with E-state index in [4.69, 9.17) is 0 Å². The number of urea groups is 1. The highest BCUT2D eigenvalue weighted by Crippen LogP contribution is 2.11. The smallest absolute Gasteiger partial charge is 0.315 e. The van der Waals surface area contributed by atoms with Crippen LogP contribution in [0.15, 0.2) is 54.6 Å². The number of nitrogens with one attached hydrogen (secondary N) is 3. The topological polar surface area (TPSA) is 90.5 Å². The van der Waals surface area contributed by atoms with E-state index in [1.807, 2.05) is 18.2 Å². The van der Waals surface area contributed by atoms with Crippen LogP contribution in [0.2, 0.25) is 0 Å². The fourth-order valence-electron chi connectivity index (χ4n) is 3.25. The second-order valence-electron chi connectivity index (χ2n) is 7.16. The molecule has 0 unspecified atom stereocenters. The number of carbonyl (C=O) groups excluding carboxylic acids is 3. The zero-order chi connectivity index (χ0) is 21.3. The number of rotatable bonds is 6. The van der Waals surface area contributed by atoms with E-state index < -0.39 is 6.03 Å². The van der Waals surface area contributed by atoms with Crippen LogP contribution in [0.4, 0.5) is 9.18 Å². The number of likely N-dealkylation sites (tertiary alicyclic amines) is 1. The van der Waals surface area contributed by atoms with Crippen LogP contribution in [-0.4, -0.2) is 48.4 Å². The minimum Gasteiger partial charge on any atom is -0.349 e. The molecular formula is C22H25FN4O3. The highest BCUT2D eigenvalue weighted by Gasteiger charge is 2.24.